The molecule has 0 saturated carbocycles. The van der Waals surface area contributed by atoms with Crippen LogP contribution in [0, 0.1) is 0 Å². The van der Waals surface area contributed by atoms with Crippen molar-refractivity contribution < 1.29 is 59.9 Å². The zero-order valence-electron chi connectivity index (χ0n) is 19.3. The number of carbonyl (C=O) groups is 3. The summed E-state index contributed by atoms with van der Waals surface area (Å²) in [6.45, 7) is 12.6. The molecule has 8 nitrogen and oxygen atoms in total. The minimum atomic E-state index is -0.483. The first-order chi connectivity index (χ1) is 11.8. The van der Waals surface area contributed by atoms with Gasteiger partial charge in [0, 0.05) is 34.5 Å². The molecule has 0 spiro atoms. The van der Waals surface area contributed by atoms with Gasteiger partial charge in [-0.1, -0.05) is 0 Å². The predicted octanol–water partition coefficient (Wildman–Crippen LogP) is -1.08. The van der Waals surface area contributed by atoms with E-state index in [4.69, 9.17) is 9.47 Å². The summed E-state index contributed by atoms with van der Waals surface area (Å²) in [5, 5.41) is 9.20. The SMILES string of the molecule is CC(C)(C)OC(=O)N1CCC(=O)C1.CC(C)(C)OC(=O)N1CCC(O)C1.[B].[H-].[Na+]. The number of rotatable bonds is 0. The van der Waals surface area contributed by atoms with Crippen molar-refractivity contribution in [3.8, 4) is 0 Å². The van der Waals surface area contributed by atoms with Crippen LogP contribution in [-0.4, -0.2) is 84.8 Å². The van der Waals surface area contributed by atoms with Gasteiger partial charge in [0.25, 0.3) is 0 Å². The fourth-order valence-electron chi connectivity index (χ4n) is 2.35. The van der Waals surface area contributed by atoms with Crippen LogP contribution < -0.4 is 29.6 Å². The van der Waals surface area contributed by atoms with E-state index >= 15 is 0 Å². The Morgan fingerprint density at radius 2 is 1.46 bits per heavy atom. The number of aliphatic hydroxyl groups is 1. The molecule has 0 aromatic carbocycles. The third-order valence-corrected chi connectivity index (χ3v) is 3.49. The smallest absolute Gasteiger partial charge is 1.00 e. The Bertz CT molecular complexity index is 539. The molecule has 0 bridgehead atoms. The third-order valence-electron chi connectivity index (χ3n) is 3.49. The van der Waals surface area contributed by atoms with E-state index < -0.39 is 17.3 Å². The maximum absolute atomic E-state index is 11.4. The average Bonchev–Trinajstić information content (AvgIpc) is 3.04. The van der Waals surface area contributed by atoms with Gasteiger partial charge in [-0.25, -0.2) is 9.59 Å². The normalized spacial score (nSPS) is 19.1. The molecule has 0 aliphatic carbocycles. The zero-order chi connectivity index (χ0) is 20.1. The summed E-state index contributed by atoms with van der Waals surface area (Å²) in [6.07, 6.45) is 0.00768. The number of nitrogens with zero attached hydrogens (tertiary/aromatic N) is 2. The van der Waals surface area contributed by atoms with Crippen LogP contribution in [0.5, 0.6) is 0 Å². The number of ether oxygens (including phenoxy) is 2. The van der Waals surface area contributed by atoms with E-state index in [1.165, 1.54) is 9.80 Å². The van der Waals surface area contributed by atoms with E-state index in [1.807, 2.05) is 41.5 Å². The Kier molecular flexibility index (Phi) is 12.7. The number of hydrogen-bond acceptors (Lipinski definition) is 6. The van der Waals surface area contributed by atoms with E-state index in [-0.39, 0.29) is 63.9 Å². The van der Waals surface area contributed by atoms with E-state index in [0.29, 0.717) is 32.5 Å². The van der Waals surface area contributed by atoms with E-state index in [0.717, 1.165) is 0 Å². The molecule has 2 amide bonds. The second-order valence-corrected chi connectivity index (χ2v) is 8.56. The molecule has 28 heavy (non-hydrogen) atoms. The molecule has 2 fully saturated rings. The second kappa shape index (κ2) is 12.0. The van der Waals surface area contributed by atoms with Crippen LogP contribution in [0.15, 0.2) is 0 Å². The van der Waals surface area contributed by atoms with Crippen molar-refractivity contribution in [2.24, 2.45) is 0 Å². The summed E-state index contributed by atoms with van der Waals surface area (Å²) in [6, 6.07) is 0. The average molecular weight is 407 g/mol. The van der Waals surface area contributed by atoms with Crippen molar-refractivity contribution in [3.05, 3.63) is 0 Å². The topological polar surface area (TPSA) is 96.4 Å². The molecule has 2 aliphatic rings. The Morgan fingerprint density at radius 3 is 1.79 bits per heavy atom. The molecule has 1 N–H and O–H groups in total. The summed E-state index contributed by atoms with van der Waals surface area (Å²) in [5.41, 5.74) is -0.937. The molecule has 0 aromatic rings. The largest absolute Gasteiger partial charge is 1.00 e. The number of aliphatic hydroxyl groups excluding tert-OH is 1. The van der Waals surface area contributed by atoms with Crippen molar-refractivity contribution in [1.29, 1.82) is 0 Å². The molecule has 0 aromatic heterocycles. The quantitative estimate of drug-likeness (QED) is 0.514. The predicted molar refractivity (Wildman–Crippen MR) is 103 cm³/mol. The van der Waals surface area contributed by atoms with Gasteiger partial charge in [-0.15, -0.1) is 0 Å². The van der Waals surface area contributed by atoms with Crippen molar-refractivity contribution in [1.82, 2.24) is 9.80 Å². The monoisotopic (exact) mass is 407 g/mol. The van der Waals surface area contributed by atoms with Gasteiger partial charge < -0.3 is 25.8 Å². The fourth-order valence-corrected chi connectivity index (χ4v) is 2.35. The molecule has 2 heterocycles. The number of β-amino-alcohol motifs (C(OH)–C–C–N with tert-alkyl or cyclic N) is 1. The van der Waals surface area contributed by atoms with E-state index in [1.54, 1.807) is 0 Å². The number of likely N-dealkylation sites (tertiary alicyclic amines) is 2. The van der Waals surface area contributed by atoms with Crippen LogP contribution in [0.4, 0.5) is 9.59 Å². The van der Waals surface area contributed by atoms with Crippen LogP contribution in [0.25, 0.3) is 0 Å². The summed E-state index contributed by atoms with van der Waals surface area (Å²) < 4.78 is 10.3. The van der Waals surface area contributed by atoms with Gasteiger partial charge in [0.2, 0.25) is 0 Å². The zero-order valence-corrected chi connectivity index (χ0v) is 20.3. The van der Waals surface area contributed by atoms with Gasteiger partial charge in [-0.2, -0.15) is 0 Å². The van der Waals surface area contributed by atoms with Crippen molar-refractivity contribution in [2.75, 3.05) is 26.2 Å². The van der Waals surface area contributed by atoms with Crippen LogP contribution >= 0.6 is 0 Å². The van der Waals surface area contributed by atoms with Gasteiger partial charge in [0.05, 0.1) is 12.6 Å². The number of amides is 2. The minimum absolute atomic E-state index is 0. The second-order valence-electron chi connectivity index (χ2n) is 8.56. The molecule has 1 unspecified atom stereocenters. The van der Waals surface area contributed by atoms with Gasteiger partial charge in [-0.3, -0.25) is 4.79 Å². The van der Waals surface area contributed by atoms with Crippen molar-refractivity contribution in [3.63, 3.8) is 0 Å². The molecule has 1 atom stereocenters. The first kappa shape index (κ1) is 29.4. The maximum atomic E-state index is 11.4. The molecular formula is C18H33BN2NaO6. The van der Waals surface area contributed by atoms with Crippen LogP contribution in [0.2, 0.25) is 0 Å². The summed E-state index contributed by atoms with van der Waals surface area (Å²) in [5.74, 6) is 0.103. The maximum Gasteiger partial charge on any atom is 1.00 e. The number of Topliss-reactive ketones (excluding diaryl/α,β-unsaturated/α-hetero) is 1. The van der Waals surface area contributed by atoms with Crippen LogP contribution in [0.3, 0.4) is 0 Å². The molecule has 2 aliphatic heterocycles. The Balaban J connectivity index is -0.000000422. The summed E-state index contributed by atoms with van der Waals surface area (Å²) in [7, 11) is 0. The van der Waals surface area contributed by atoms with Gasteiger partial charge in [0.1, 0.15) is 11.2 Å². The third kappa shape index (κ3) is 11.9. The van der Waals surface area contributed by atoms with Crippen LogP contribution in [-0.2, 0) is 14.3 Å². The number of ketones is 1. The molecule has 155 valence electrons. The Labute approximate surface area is 193 Å². The van der Waals surface area contributed by atoms with Crippen molar-refractivity contribution in [2.45, 2.75) is 71.7 Å². The summed E-state index contributed by atoms with van der Waals surface area (Å²) >= 11 is 0. The molecule has 3 radical (unpaired) electrons. The Morgan fingerprint density at radius 1 is 1.00 bits per heavy atom. The molecular weight excluding hydrogens is 374 g/mol. The molecule has 2 saturated heterocycles. The first-order valence-corrected chi connectivity index (χ1v) is 8.92. The number of hydrogen-bond donors (Lipinski definition) is 1. The van der Waals surface area contributed by atoms with Crippen molar-refractivity contribution >= 4 is 26.4 Å². The fraction of sp³-hybridized carbons (Fsp3) is 0.833. The summed E-state index contributed by atoms with van der Waals surface area (Å²) in [4.78, 5) is 36.6. The first-order valence-electron chi connectivity index (χ1n) is 8.92. The van der Waals surface area contributed by atoms with Gasteiger partial charge in [0.15, 0.2) is 5.78 Å². The van der Waals surface area contributed by atoms with Crippen LogP contribution in [0.1, 0.15) is 55.8 Å². The number of carbonyl (C=O) groups excluding carboxylic acids is 3. The van der Waals surface area contributed by atoms with Gasteiger partial charge in [-0.05, 0) is 48.0 Å². The standard InChI is InChI=1S/C9H17NO3.C9H15NO3.B.Na.H/c2*1-9(2,3)13-8(12)10-5-4-7(11)6-10;;;/h7,11H,4-6H2,1-3H3;4-6H2,1-3H3;;;/q;;;+1;-1. The minimum Gasteiger partial charge on any atom is -1.00 e. The van der Waals surface area contributed by atoms with Gasteiger partial charge >= 0.3 is 41.7 Å². The Hall–Kier alpha value is -0.765. The van der Waals surface area contributed by atoms with E-state index in [9.17, 15) is 19.5 Å². The van der Waals surface area contributed by atoms with E-state index in [2.05, 4.69) is 0 Å². The molecule has 2 rings (SSSR count). The molecule has 10 heteroatoms.